The summed E-state index contributed by atoms with van der Waals surface area (Å²) in [6.45, 7) is 3.55. The van der Waals surface area contributed by atoms with Crippen molar-refractivity contribution in [2.24, 2.45) is 0 Å². The first-order valence-corrected chi connectivity index (χ1v) is 7.15. The number of hydrogen-bond donors (Lipinski definition) is 1. The second kappa shape index (κ2) is 7.20. The van der Waals surface area contributed by atoms with E-state index >= 15 is 0 Å². The lowest BCUT2D eigenvalue weighted by Gasteiger charge is -2.05. The Bertz CT molecular complexity index is 862. The summed E-state index contributed by atoms with van der Waals surface area (Å²) in [6.07, 6.45) is 1.33. The number of anilines is 1. The predicted molar refractivity (Wildman–Crippen MR) is 91.2 cm³/mol. The van der Waals surface area contributed by atoms with Crippen molar-refractivity contribution in [3.63, 3.8) is 0 Å². The summed E-state index contributed by atoms with van der Waals surface area (Å²) in [7, 11) is 0. The Hall–Kier alpha value is -3.46. The molecule has 0 bridgehead atoms. The van der Waals surface area contributed by atoms with Crippen molar-refractivity contribution in [1.82, 2.24) is 0 Å². The van der Waals surface area contributed by atoms with E-state index in [4.69, 9.17) is 0 Å². The highest BCUT2D eigenvalue weighted by Crippen LogP contribution is 2.21. The van der Waals surface area contributed by atoms with Crippen LogP contribution in [0.25, 0.3) is 6.08 Å². The highest BCUT2D eigenvalue weighted by molar-refractivity contribution is 6.09. The monoisotopic (exact) mass is 321 g/mol. The van der Waals surface area contributed by atoms with Gasteiger partial charge in [0.05, 0.1) is 4.92 Å². The van der Waals surface area contributed by atoms with Crippen LogP contribution in [-0.2, 0) is 4.79 Å². The minimum absolute atomic E-state index is 0.0556. The SMILES string of the molecule is Cc1ccc(NC(=O)/C(C#N)=C\c2ccc(C)c([N+](=O)[O-])c2)cc1. The summed E-state index contributed by atoms with van der Waals surface area (Å²) in [4.78, 5) is 22.7. The van der Waals surface area contributed by atoms with Crippen molar-refractivity contribution in [3.8, 4) is 6.07 Å². The third-order valence-electron chi connectivity index (χ3n) is 3.42. The van der Waals surface area contributed by atoms with Gasteiger partial charge in [-0.15, -0.1) is 0 Å². The van der Waals surface area contributed by atoms with E-state index in [9.17, 15) is 20.2 Å². The van der Waals surface area contributed by atoms with Crippen molar-refractivity contribution in [3.05, 3.63) is 74.8 Å². The van der Waals surface area contributed by atoms with Gasteiger partial charge in [-0.25, -0.2) is 0 Å². The largest absolute Gasteiger partial charge is 0.321 e. The van der Waals surface area contributed by atoms with Crippen LogP contribution in [0, 0.1) is 35.3 Å². The van der Waals surface area contributed by atoms with Crippen molar-refractivity contribution in [2.75, 3.05) is 5.32 Å². The molecule has 0 saturated carbocycles. The molecule has 0 aromatic heterocycles. The lowest BCUT2D eigenvalue weighted by molar-refractivity contribution is -0.385. The highest BCUT2D eigenvalue weighted by atomic mass is 16.6. The average molecular weight is 321 g/mol. The Balaban J connectivity index is 2.27. The molecular formula is C18H15N3O3. The summed E-state index contributed by atoms with van der Waals surface area (Å²) >= 11 is 0. The van der Waals surface area contributed by atoms with Gasteiger partial charge in [0, 0.05) is 17.3 Å². The Morgan fingerprint density at radius 1 is 1.21 bits per heavy atom. The Morgan fingerprint density at radius 3 is 2.46 bits per heavy atom. The van der Waals surface area contributed by atoms with Crippen LogP contribution in [0.1, 0.15) is 16.7 Å². The van der Waals surface area contributed by atoms with Gasteiger partial charge in [0.25, 0.3) is 11.6 Å². The lowest BCUT2D eigenvalue weighted by Crippen LogP contribution is -2.13. The van der Waals surface area contributed by atoms with Gasteiger partial charge < -0.3 is 5.32 Å². The number of benzene rings is 2. The first-order chi connectivity index (χ1) is 11.4. The molecule has 0 aliphatic rings. The minimum Gasteiger partial charge on any atom is -0.321 e. The molecule has 0 fully saturated rings. The van der Waals surface area contributed by atoms with E-state index in [0.29, 0.717) is 16.8 Å². The molecule has 0 saturated heterocycles. The number of hydrogen-bond acceptors (Lipinski definition) is 4. The number of nitrogens with zero attached hydrogens (tertiary/aromatic N) is 2. The van der Waals surface area contributed by atoms with Crippen LogP contribution in [0.3, 0.4) is 0 Å². The third kappa shape index (κ3) is 4.05. The maximum atomic E-state index is 12.2. The summed E-state index contributed by atoms with van der Waals surface area (Å²) in [5, 5.41) is 22.8. The van der Waals surface area contributed by atoms with Crippen LogP contribution in [0.15, 0.2) is 48.0 Å². The molecule has 0 unspecified atom stereocenters. The molecule has 6 heteroatoms. The van der Waals surface area contributed by atoms with Gasteiger partial charge in [-0.05, 0) is 37.6 Å². The molecule has 0 radical (unpaired) electrons. The van der Waals surface area contributed by atoms with Crippen molar-refractivity contribution in [1.29, 1.82) is 5.26 Å². The zero-order valence-corrected chi connectivity index (χ0v) is 13.2. The van der Waals surface area contributed by atoms with Crippen LogP contribution in [0.5, 0.6) is 0 Å². The molecule has 6 nitrogen and oxygen atoms in total. The zero-order valence-electron chi connectivity index (χ0n) is 13.2. The molecule has 24 heavy (non-hydrogen) atoms. The Kier molecular flexibility index (Phi) is 5.07. The molecule has 0 heterocycles. The highest BCUT2D eigenvalue weighted by Gasteiger charge is 2.13. The predicted octanol–water partition coefficient (Wildman–Crippen LogP) is 3.76. The van der Waals surface area contributed by atoms with Crippen molar-refractivity contribution in [2.45, 2.75) is 13.8 Å². The maximum Gasteiger partial charge on any atom is 0.272 e. The van der Waals surface area contributed by atoms with Crippen LogP contribution >= 0.6 is 0 Å². The fourth-order valence-electron chi connectivity index (χ4n) is 2.06. The number of rotatable bonds is 4. The van der Waals surface area contributed by atoms with Crippen LogP contribution in [0.4, 0.5) is 11.4 Å². The van der Waals surface area contributed by atoms with Crippen LogP contribution in [0.2, 0.25) is 0 Å². The number of nitro benzene ring substituents is 1. The Morgan fingerprint density at radius 2 is 1.88 bits per heavy atom. The summed E-state index contributed by atoms with van der Waals surface area (Å²) < 4.78 is 0. The fourth-order valence-corrected chi connectivity index (χ4v) is 2.06. The third-order valence-corrected chi connectivity index (χ3v) is 3.42. The van der Waals surface area contributed by atoms with E-state index < -0.39 is 10.8 Å². The molecule has 2 aromatic carbocycles. The number of carbonyl (C=O) groups excluding carboxylic acids is 1. The molecule has 0 spiro atoms. The smallest absolute Gasteiger partial charge is 0.272 e. The second-order valence-corrected chi connectivity index (χ2v) is 5.29. The number of aryl methyl sites for hydroxylation is 2. The molecule has 1 amide bonds. The molecule has 120 valence electrons. The normalized spacial score (nSPS) is 10.8. The van der Waals surface area contributed by atoms with Gasteiger partial charge >= 0.3 is 0 Å². The number of carbonyl (C=O) groups is 1. The first kappa shape index (κ1) is 16.9. The van der Waals surface area contributed by atoms with E-state index in [1.165, 1.54) is 12.1 Å². The molecule has 2 rings (SSSR count). The van der Waals surface area contributed by atoms with Gasteiger partial charge in [-0.1, -0.05) is 29.8 Å². The molecule has 1 N–H and O–H groups in total. The fraction of sp³-hybridized carbons (Fsp3) is 0.111. The lowest BCUT2D eigenvalue weighted by atomic mass is 10.1. The van der Waals surface area contributed by atoms with E-state index in [0.717, 1.165) is 5.56 Å². The van der Waals surface area contributed by atoms with E-state index in [-0.39, 0.29) is 11.3 Å². The molecule has 0 aliphatic heterocycles. The van der Waals surface area contributed by atoms with Gasteiger partial charge in [0.15, 0.2) is 0 Å². The maximum absolute atomic E-state index is 12.2. The summed E-state index contributed by atoms with van der Waals surface area (Å²) in [5.74, 6) is -0.565. The minimum atomic E-state index is -0.565. The zero-order chi connectivity index (χ0) is 17.7. The van der Waals surface area contributed by atoms with Gasteiger partial charge in [-0.2, -0.15) is 5.26 Å². The van der Waals surface area contributed by atoms with Crippen LogP contribution in [-0.4, -0.2) is 10.8 Å². The molecule has 0 atom stereocenters. The Labute approximate surface area is 139 Å². The molecule has 0 aliphatic carbocycles. The van der Waals surface area contributed by atoms with E-state index in [1.807, 2.05) is 25.1 Å². The summed E-state index contributed by atoms with van der Waals surface area (Å²) in [6, 6.07) is 13.5. The van der Waals surface area contributed by atoms with Gasteiger partial charge in [-0.3, -0.25) is 14.9 Å². The number of nitrogens with one attached hydrogen (secondary N) is 1. The van der Waals surface area contributed by atoms with Crippen LogP contribution < -0.4 is 5.32 Å². The number of amides is 1. The van der Waals surface area contributed by atoms with Gasteiger partial charge in [0.1, 0.15) is 11.6 Å². The summed E-state index contributed by atoms with van der Waals surface area (Å²) in [5.41, 5.74) is 2.37. The topological polar surface area (TPSA) is 96.0 Å². The number of nitro groups is 1. The standard InChI is InChI=1S/C18H15N3O3/c1-12-3-7-16(8-4-12)20-18(22)15(11-19)9-14-6-5-13(2)17(10-14)21(23)24/h3-10H,1-2H3,(H,20,22)/b15-9-. The van der Waals surface area contributed by atoms with E-state index in [2.05, 4.69) is 5.32 Å². The number of nitriles is 1. The average Bonchev–Trinajstić information content (AvgIpc) is 2.55. The van der Waals surface area contributed by atoms with Crippen molar-refractivity contribution < 1.29 is 9.72 Å². The first-order valence-electron chi connectivity index (χ1n) is 7.15. The quantitative estimate of drug-likeness (QED) is 0.401. The van der Waals surface area contributed by atoms with E-state index in [1.54, 1.807) is 31.2 Å². The molecule has 2 aromatic rings. The van der Waals surface area contributed by atoms with Gasteiger partial charge in [0.2, 0.25) is 0 Å². The molecular weight excluding hydrogens is 306 g/mol. The van der Waals surface area contributed by atoms with Crippen molar-refractivity contribution >= 4 is 23.4 Å². The second-order valence-electron chi connectivity index (χ2n) is 5.29.